The summed E-state index contributed by atoms with van der Waals surface area (Å²) in [5.74, 6) is -1.87. The first-order chi connectivity index (χ1) is 15.4. The van der Waals surface area contributed by atoms with Crippen LogP contribution in [0.1, 0.15) is 28.5 Å². The number of rotatable bonds is 6. The Morgan fingerprint density at radius 3 is 2.36 bits per heavy atom. The number of carbonyl (C=O) groups is 1. The fourth-order valence-electron chi connectivity index (χ4n) is 2.71. The Morgan fingerprint density at radius 2 is 1.76 bits per heavy atom. The number of hydrogen-bond donors (Lipinski definition) is 0. The third-order valence-corrected chi connectivity index (χ3v) is 5.52. The van der Waals surface area contributed by atoms with Gasteiger partial charge in [0, 0.05) is 0 Å². The number of esters is 1. The van der Waals surface area contributed by atoms with Gasteiger partial charge in [0.1, 0.15) is 4.90 Å². The Bertz CT molecular complexity index is 1350. The molecule has 0 atom stereocenters. The number of carbonyl (C=O) groups excluding carboxylic acids is 1. The molecule has 8 nitrogen and oxygen atoms in total. The van der Waals surface area contributed by atoms with Crippen LogP contribution >= 0.6 is 0 Å². The predicted octanol–water partition coefficient (Wildman–Crippen LogP) is 3.50. The Hall–Kier alpha value is -3.67. The fraction of sp³-hybridized carbons (Fsp3) is 0.190. The van der Waals surface area contributed by atoms with E-state index >= 15 is 0 Å². The lowest BCUT2D eigenvalue weighted by molar-refractivity contribution is -0.137. The first kappa shape index (κ1) is 24.0. The van der Waals surface area contributed by atoms with E-state index in [4.69, 9.17) is 8.92 Å². The normalized spacial score (nSPS) is 11.8. The molecule has 33 heavy (non-hydrogen) atoms. The van der Waals surface area contributed by atoms with Crippen molar-refractivity contribution in [3.63, 3.8) is 0 Å². The van der Waals surface area contributed by atoms with E-state index in [0.29, 0.717) is 18.2 Å². The van der Waals surface area contributed by atoms with Crippen LogP contribution in [0.5, 0.6) is 5.75 Å². The molecule has 2 aromatic carbocycles. The van der Waals surface area contributed by atoms with Crippen molar-refractivity contribution in [2.45, 2.75) is 24.9 Å². The van der Waals surface area contributed by atoms with E-state index in [2.05, 4.69) is 5.10 Å². The second-order valence-electron chi connectivity index (χ2n) is 6.73. The van der Waals surface area contributed by atoms with Crippen LogP contribution in [-0.4, -0.2) is 30.8 Å². The Kier molecular flexibility index (Phi) is 6.58. The minimum atomic E-state index is -4.86. The molecule has 0 aliphatic rings. The van der Waals surface area contributed by atoms with Crippen molar-refractivity contribution in [3.8, 4) is 11.4 Å². The topological polar surface area (TPSA) is 105 Å². The molecule has 0 unspecified atom stereocenters. The summed E-state index contributed by atoms with van der Waals surface area (Å²) >= 11 is 0. The van der Waals surface area contributed by atoms with Crippen molar-refractivity contribution >= 4 is 16.1 Å². The second-order valence-corrected chi connectivity index (χ2v) is 8.27. The molecule has 0 amide bonds. The molecule has 3 rings (SSSR count). The molecule has 12 heteroatoms. The van der Waals surface area contributed by atoms with Crippen LogP contribution in [0, 0.1) is 6.92 Å². The zero-order valence-corrected chi connectivity index (χ0v) is 18.1. The summed E-state index contributed by atoms with van der Waals surface area (Å²) < 4.78 is 74.8. The standard InChI is InChI=1S/C21H17F3N2O6S/c1-3-31-20(28)19-17(12-18(27)26(25-19)15-9-7-13(2)8-10-15)32-33(29,30)16-6-4-5-14(11-16)21(22,23)24/h4-12H,3H2,1-2H3. The monoisotopic (exact) mass is 482 g/mol. The molecule has 174 valence electrons. The molecular weight excluding hydrogens is 465 g/mol. The fourth-order valence-corrected chi connectivity index (χ4v) is 3.69. The lowest BCUT2D eigenvalue weighted by atomic mass is 10.2. The third-order valence-electron chi connectivity index (χ3n) is 4.29. The summed E-state index contributed by atoms with van der Waals surface area (Å²) in [4.78, 5) is 24.2. The Morgan fingerprint density at radius 1 is 1.09 bits per heavy atom. The van der Waals surface area contributed by atoms with Crippen LogP contribution in [0.2, 0.25) is 0 Å². The molecule has 0 fully saturated rings. The molecule has 0 saturated carbocycles. The minimum absolute atomic E-state index is 0.0933. The quantitative estimate of drug-likeness (QED) is 0.391. The van der Waals surface area contributed by atoms with Crippen molar-refractivity contribution in [1.29, 1.82) is 0 Å². The van der Waals surface area contributed by atoms with E-state index in [1.54, 1.807) is 24.3 Å². The van der Waals surface area contributed by atoms with E-state index < -0.39 is 49.7 Å². The van der Waals surface area contributed by atoms with Crippen LogP contribution < -0.4 is 9.74 Å². The van der Waals surface area contributed by atoms with Crippen LogP contribution in [0.25, 0.3) is 5.69 Å². The molecule has 1 heterocycles. The lowest BCUT2D eigenvalue weighted by Crippen LogP contribution is -2.26. The maximum Gasteiger partial charge on any atom is 0.416 e. The number of hydrogen-bond acceptors (Lipinski definition) is 7. The average Bonchev–Trinajstić information content (AvgIpc) is 2.74. The third kappa shape index (κ3) is 5.40. The summed E-state index contributed by atoms with van der Waals surface area (Å²) in [7, 11) is -4.86. The summed E-state index contributed by atoms with van der Waals surface area (Å²) in [6.45, 7) is 3.22. The molecule has 0 radical (unpaired) electrons. The van der Waals surface area contributed by atoms with Gasteiger partial charge >= 0.3 is 22.3 Å². The summed E-state index contributed by atoms with van der Waals surface area (Å²) in [5.41, 5.74) is -1.53. The molecular formula is C21H17F3N2O6S. The number of benzene rings is 2. The first-order valence-electron chi connectivity index (χ1n) is 9.42. The molecule has 0 bridgehead atoms. The van der Waals surface area contributed by atoms with Gasteiger partial charge in [-0.15, -0.1) is 0 Å². The highest BCUT2D eigenvalue weighted by molar-refractivity contribution is 7.87. The molecule has 0 saturated heterocycles. The molecule has 1 aromatic heterocycles. The number of nitrogens with zero attached hydrogens (tertiary/aromatic N) is 2. The van der Waals surface area contributed by atoms with Crippen molar-refractivity contribution < 1.29 is 35.3 Å². The molecule has 0 N–H and O–H groups in total. The maximum atomic E-state index is 13.0. The summed E-state index contributed by atoms with van der Waals surface area (Å²) in [5, 5.41) is 3.89. The van der Waals surface area contributed by atoms with Gasteiger partial charge in [0.15, 0.2) is 5.75 Å². The van der Waals surface area contributed by atoms with Gasteiger partial charge in [0.25, 0.3) is 5.56 Å². The number of alkyl halides is 3. The summed E-state index contributed by atoms with van der Waals surface area (Å²) in [6, 6.07) is 10.0. The van der Waals surface area contributed by atoms with Gasteiger partial charge in [-0.05, 0) is 44.2 Å². The van der Waals surface area contributed by atoms with Gasteiger partial charge < -0.3 is 8.92 Å². The van der Waals surface area contributed by atoms with Crippen LogP contribution in [-0.2, 0) is 21.0 Å². The van der Waals surface area contributed by atoms with Crippen molar-refractivity contribution in [2.24, 2.45) is 0 Å². The van der Waals surface area contributed by atoms with Gasteiger partial charge in [0.2, 0.25) is 5.69 Å². The number of aryl methyl sites for hydroxylation is 1. The van der Waals surface area contributed by atoms with Gasteiger partial charge in [-0.25, -0.2) is 4.79 Å². The Labute approximate surface area is 186 Å². The predicted molar refractivity (Wildman–Crippen MR) is 110 cm³/mol. The number of halogens is 3. The SMILES string of the molecule is CCOC(=O)c1nn(-c2ccc(C)cc2)c(=O)cc1OS(=O)(=O)c1cccc(C(F)(F)F)c1. The van der Waals surface area contributed by atoms with Gasteiger partial charge in [-0.2, -0.15) is 31.4 Å². The number of aromatic nitrogens is 2. The number of ether oxygens (including phenoxy) is 1. The first-order valence-corrected chi connectivity index (χ1v) is 10.8. The second kappa shape index (κ2) is 9.06. The van der Waals surface area contributed by atoms with Crippen molar-refractivity contribution in [1.82, 2.24) is 9.78 Å². The maximum absolute atomic E-state index is 13.0. The van der Waals surface area contributed by atoms with Crippen LogP contribution in [0.4, 0.5) is 13.2 Å². The highest BCUT2D eigenvalue weighted by atomic mass is 32.2. The smallest absolute Gasteiger partial charge is 0.416 e. The lowest BCUT2D eigenvalue weighted by Gasteiger charge is -2.13. The molecule has 0 aliphatic heterocycles. The van der Waals surface area contributed by atoms with E-state index in [1.165, 1.54) is 6.92 Å². The highest BCUT2D eigenvalue weighted by Crippen LogP contribution is 2.31. The van der Waals surface area contributed by atoms with Gasteiger partial charge in [-0.1, -0.05) is 23.8 Å². The molecule has 0 aliphatic carbocycles. The van der Waals surface area contributed by atoms with E-state index in [-0.39, 0.29) is 12.3 Å². The van der Waals surface area contributed by atoms with E-state index in [0.717, 1.165) is 22.4 Å². The largest absolute Gasteiger partial charge is 0.461 e. The molecule has 3 aromatic rings. The van der Waals surface area contributed by atoms with E-state index in [9.17, 15) is 31.2 Å². The van der Waals surface area contributed by atoms with Crippen LogP contribution in [0.3, 0.4) is 0 Å². The van der Waals surface area contributed by atoms with Crippen molar-refractivity contribution in [3.05, 3.63) is 81.8 Å². The Balaban J connectivity index is 2.10. The van der Waals surface area contributed by atoms with Crippen LogP contribution in [0.15, 0.2) is 64.3 Å². The minimum Gasteiger partial charge on any atom is -0.461 e. The molecule has 0 spiro atoms. The summed E-state index contributed by atoms with van der Waals surface area (Å²) in [6.07, 6.45) is -4.79. The van der Waals surface area contributed by atoms with Gasteiger partial charge in [-0.3, -0.25) is 4.79 Å². The van der Waals surface area contributed by atoms with Crippen molar-refractivity contribution in [2.75, 3.05) is 6.61 Å². The van der Waals surface area contributed by atoms with Gasteiger partial charge in [0.05, 0.1) is 23.9 Å². The van der Waals surface area contributed by atoms with E-state index in [1.807, 2.05) is 6.92 Å². The zero-order valence-electron chi connectivity index (χ0n) is 17.3. The average molecular weight is 482 g/mol. The zero-order chi connectivity index (χ0) is 24.4. The highest BCUT2D eigenvalue weighted by Gasteiger charge is 2.32.